The maximum Gasteiger partial charge on any atom is 0.272 e. The van der Waals surface area contributed by atoms with E-state index in [0.717, 1.165) is 11.3 Å². The fourth-order valence-corrected chi connectivity index (χ4v) is 4.35. The topological polar surface area (TPSA) is 94.5 Å². The first-order valence-electron chi connectivity index (χ1n) is 7.90. The lowest BCUT2D eigenvalue weighted by Crippen LogP contribution is -2.16. The lowest BCUT2D eigenvalue weighted by atomic mass is 10.2. The fraction of sp³-hybridized carbons (Fsp3) is 0.0526. The quantitative estimate of drug-likeness (QED) is 0.508. The van der Waals surface area contributed by atoms with Crippen molar-refractivity contribution < 1.29 is 13.2 Å². The van der Waals surface area contributed by atoms with E-state index in [0.29, 0.717) is 25.6 Å². The molecule has 0 saturated heterocycles. The highest BCUT2D eigenvalue weighted by Gasteiger charge is 2.12. The maximum absolute atomic E-state index is 12.3. The number of fused-ring (bicyclic) bond motifs is 1. The third-order valence-electron chi connectivity index (χ3n) is 3.75. The second kappa shape index (κ2) is 8.12. The van der Waals surface area contributed by atoms with Crippen LogP contribution < -0.4 is 9.94 Å². The molecule has 1 amide bonds. The van der Waals surface area contributed by atoms with Gasteiger partial charge in [-0.15, -0.1) is 6.42 Å². The van der Waals surface area contributed by atoms with Gasteiger partial charge in [0, 0.05) is 11.1 Å². The minimum Gasteiger partial charge on any atom is -0.305 e. The fourth-order valence-electron chi connectivity index (χ4n) is 2.46. The van der Waals surface area contributed by atoms with E-state index >= 15 is 0 Å². The molecule has 0 spiro atoms. The van der Waals surface area contributed by atoms with E-state index in [1.54, 1.807) is 34.9 Å². The molecular formula is C19H14ClN3O3S2. The van der Waals surface area contributed by atoms with Crippen LogP contribution in [0.2, 0.25) is 5.02 Å². The zero-order chi connectivity index (χ0) is 20.3. The number of nitrogens with zero attached hydrogens (tertiary/aromatic N) is 2. The van der Waals surface area contributed by atoms with Crippen LogP contribution in [0.4, 0.5) is 0 Å². The first-order valence-corrected chi connectivity index (χ1v) is 10.6. The summed E-state index contributed by atoms with van der Waals surface area (Å²) >= 11 is 7.21. The molecule has 0 fully saturated rings. The molecule has 2 N–H and O–H groups in total. The van der Waals surface area contributed by atoms with Gasteiger partial charge in [-0.2, -0.15) is 4.99 Å². The molecule has 0 atom stereocenters. The number of benzene rings is 2. The number of hydrogen-bond donors (Lipinski definition) is 1. The van der Waals surface area contributed by atoms with Crippen molar-refractivity contribution in [1.29, 1.82) is 0 Å². The summed E-state index contributed by atoms with van der Waals surface area (Å²) in [5, 5.41) is 5.70. The highest BCUT2D eigenvalue weighted by molar-refractivity contribution is 7.89. The predicted molar refractivity (Wildman–Crippen MR) is 111 cm³/mol. The second-order valence-corrected chi connectivity index (χ2v) is 8.63. The number of primary sulfonamides is 1. The molecule has 0 bridgehead atoms. The number of rotatable bonds is 4. The van der Waals surface area contributed by atoms with Crippen LogP contribution in [-0.4, -0.2) is 18.9 Å². The van der Waals surface area contributed by atoms with Crippen molar-refractivity contribution in [2.75, 3.05) is 0 Å². The minimum absolute atomic E-state index is 0.0226. The molecule has 9 heteroatoms. The van der Waals surface area contributed by atoms with Crippen LogP contribution in [0.1, 0.15) is 5.56 Å². The lowest BCUT2D eigenvalue weighted by molar-refractivity contribution is -0.113. The molecule has 0 unspecified atom stereocenters. The first-order chi connectivity index (χ1) is 13.3. The zero-order valence-corrected chi connectivity index (χ0v) is 16.8. The third kappa shape index (κ3) is 4.40. The largest absolute Gasteiger partial charge is 0.305 e. The normalized spacial score (nSPS) is 12.5. The van der Waals surface area contributed by atoms with Gasteiger partial charge in [0.1, 0.15) is 0 Å². The van der Waals surface area contributed by atoms with Crippen molar-refractivity contribution in [3.8, 4) is 12.3 Å². The monoisotopic (exact) mass is 431 g/mol. The third-order valence-corrected chi connectivity index (χ3v) is 6.05. The minimum atomic E-state index is -3.84. The van der Waals surface area contributed by atoms with Gasteiger partial charge >= 0.3 is 0 Å². The summed E-state index contributed by atoms with van der Waals surface area (Å²) in [7, 11) is -3.84. The van der Waals surface area contributed by atoms with E-state index in [-0.39, 0.29) is 11.4 Å². The van der Waals surface area contributed by atoms with Crippen LogP contribution in [0.25, 0.3) is 16.3 Å². The molecule has 142 valence electrons. The van der Waals surface area contributed by atoms with Gasteiger partial charge in [0.15, 0.2) is 4.80 Å². The SMILES string of the molecule is C#CCn1c(=NC(=O)/C=C/c2ccccc2Cl)sc2cc(S(N)(=O)=O)ccc21. The number of carbonyl (C=O) groups excluding carboxylic acids is 1. The highest BCUT2D eigenvalue weighted by Crippen LogP contribution is 2.21. The van der Waals surface area contributed by atoms with Crippen molar-refractivity contribution in [3.05, 3.63) is 63.9 Å². The Morgan fingerprint density at radius 3 is 2.75 bits per heavy atom. The van der Waals surface area contributed by atoms with Gasteiger partial charge in [-0.1, -0.05) is 47.1 Å². The Balaban J connectivity index is 2.05. The summed E-state index contributed by atoms with van der Waals surface area (Å²) < 4.78 is 25.4. The summed E-state index contributed by atoms with van der Waals surface area (Å²) in [5.74, 6) is 2.01. The number of hydrogen-bond acceptors (Lipinski definition) is 4. The summed E-state index contributed by atoms with van der Waals surface area (Å²) in [5.41, 5.74) is 1.36. The summed E-state index contributed by atoms with van der Waals surface area (Å²) in [6, 6.07) is 11.5. The standard InChI is InChI=1S/C19H14ClN3O3S2/c1-2-11-23-16-9-8-14(28(21,25)26)12-17(16)27-19(23)22-18(24)10-7-13-5-3-4-6-15(13)20/h1,3-10,12H,11H2,(H2,21,25,26)/b10-7+,22-19?. The zero-order valence-electron chi connectivity index (χ0n) is 14.4. The average Bonchev–Trinajstić information content (AvgIpc) is 2.97. The number of carbonyl (C=O) groups is 1. The van der Waals surface area contributed by atoms with Crippen molar-refractivity contribution in [2.45, 2.75) is 11.4 Å². The summed E-state index contributed by atoms with van der Waals surface area (Å²) in [6.07, 6.45) is 8.31. The Labute approximate surface area is 170 Å². The second-order valence-electron chi connectivity index (χ2n) is 5.65. The van der Waals surface area contributed by atoms with E-state index in [2.05, 4.69) is 10.9 Å². The molecule has 3 aromatic rings. The van der Waals surface area contributed by atoms with E-state index < -0.39 is 15.9 Å². The Morgan fingerprint density at radius 1 is 1.32 bits per heavy atom. The van der Waals surface area contributed by atoms with Crippen molar-refractivity contribution in [2.24, 2.45) is 10.1 Å². The van der Waals surface area contributed by atoms with Crippen LogP contribution in [0, 0.1) is 12.3 Å². The molecule has 0 saturated carbocycles. The van der Waals surface area contributed by atoms with Gasteiger partial charge < -0.3 is 4.57 Å². The van der Waals surface area contributed by atoms with E-state index in [4.69, 9.17) is 23.2 Å². The van der Waals surface area contributed by atoms with Crippen LogP contribution in [0.15, 0.2) is 58.4 Å². The molecule has 0 aliphatic carbocycles. The maximum atomic E-state index is 12.3. The van der Waals surface area contributed by atoms with E-state index in [1.807, 2.05) is 6.07 Å². The molecule has 28 heavy (non-hydrogen) atoms. The Kier molecular flexibility index (Phi) is 5.82. The average molecular weight is 432 g/mol. The molecule has 2 aromatic carbocycles. The first kappa shape index (κ1) is 20.0. The summed E-state index contributed by atoms with van der Waals surface area (Å²) in [6.45, 7) is 0.176. The lowest BCUT2D eigenvalue weighted by Gasteiger charge is -2.01. The van der Waals surface area contributed by atoms with Crippen LogP contribution >= 0.6 is 22.9 Å². The van der Waals surface area contributed by atoms with Gasteiger partial charge in [-0.05, 0) is 35.9 Å². The van der Waals surface area contributed by atoms with Crippen LogP contribution in [-0.2, 0) is 21.4 Å². The molecule has 1 heterocycles. The molecule has 0 radical (unpaired) electrons. The molecule has 3 rings (SSSR count). The Hall–Kier alpha value is -2.70. The molecular weight excluding hydrogens is 418 g/mol. The number of nitrogens with two attached hydrogens (primary N) is 1. The highest BCUT2D eigenvalue weighted by atomic mass is 35.5. The van der Waals surface area contributed by atoms with Crippen LogP contribution in [0.3, 0.4) is 0 Å². The van der Waals surface area contributed by atoms with E-state index in [9.17, 15) is 13.2 Å². The Bertz CT molecular complexity index is 1310. The van der Waals surface area contributed by atoms with Crippen molar-refractivity contribution in [1.82, 2.24) is 4.57 Å². The van der Waals surface area contributed by atoms with Crippen LogP contribution in [0.5, 0.6) is 0 Å². The van der Waals surface area contributed by atoms with E-state index in [1.165, 1.54) is 18.2 Å². The number of sulfonamides is 1. The summed E-state index contributed by atoms with van der Waals surface area (Å²) in [4.78, 5) is 16.7. The smallest absolute Gasteiger partial charge is 0.272 e. The molecule has 0 aliphatic rings. The molecule has 0 aliphatic heterocycles. The molecule has 6 nitrogen and oxygen atoms in total. The van der Waals surface area contributed by atoms with Crippen molar-refractivity contribution in [3.63, 3.8) is 0 Å². The van der Waals surface area contributed by atoms with Gasteiger partial charge in [0.2, 0.25) is 10.0 Å². The number of thiazole rings is 1. The number of terminal acetylenes is 1. The van der Waals surface area contributed by atoms with Gasteiger partial charge in [-0.25, -0.2) is 13.6 Å². The molecule has 1 aromatic heterocycles. The van der Waals surface area contributed by atoms with Gasteiger partial charge in [0.05, 0.1) is 21.7 Å². The van der Waals surface area contributed by atoms with Gasteiger partial charge in [-0.3, -0.25) is 4.79 Å². The van der Waals surface area contributed by atoms with Crippen molar-refractivity contribution >= 4 is 55.2 Å². The number of halogens is 1. The predicted octanol–water partition coefficient (Wildman–Crippen LogP) is 2.78. The Morgan fingerprint density at radius 2 is 2.07 bits per heavy atom. The van der Waals surface area contributed by atoms with Gasteiger partial charge in [0.25, 0.3) is 5.91 Å². The number of aromatic nitrogens is 1. The number of amides is 1.